The Hall–Kier alpha value is -3.15. The van der Waals surface area contributed by atoms with Crippen molar-refractivity contribution in [2.45, 2.75) is 44.8 Å². The van der Waals surface area contributed by atoms with Gasteiger partial charge in [-0.05, 0) is 30.5 Å². The normalized spacial score (nSPS) is 14.6. The fraction of sp³-hybridized carbons (Fsp3) is 0.318. The van der Waals surface area contributed by atoms with E-state index < -0.39 is 11.8 Å². The summed E-state index contributed by atoms with van der Waals surface area (Å²) in [5.74, 6) is -0.752. The summed E-state index contributed by atoms with van der Waals surface area (Å²) >= 11 is 0. The van der Waals surface area contributed by atoms with E-state index in [0.29, 0.717) is 17.9 Å². The Morgan fingerprint density at radius 3 is 2.46 bits per heavy atom. The van der Waals surface area contributed by atoms with Crippen LogP contribution < -0.4 is 15.5 Å². The molecular formula is C22H25N3O3. The van der Waals surface area contributed by atoms with Crippen molar-refractivity contribution in [1.29, 1.82) is 0 Å². The van der Waals surface area contributed by atoms with E-state index in [4.69, 9.17) is 4.74 Å². The molecule has 1 fully saturated rings. The molecule has 0 saturated heterocycles. The zero-order chi connectivity index (χ0) is 19.6. The maximum absolute atomic E-state index is 12.0. The van der Waals surface area contributed by atoms with Crippen molar-refractivity contribution in [3.8, 4) is 5.75 Å². The van der Waals surface area contributed by atoms with Crippen molar-refractivity contribution < 1.29 is 14.3 Å². The van der Waals surface area contributed by atoms with E-state index >= 15 is 0 Å². The van der Waals surface area contributed by atoms with Gasteiger partial charge in [-0.15, -0.1) is 0 Å². The molecule has 0 aliphatic heterocycles. The molecule has 0 radical (unpaired) electrons. The number of amides is 2. The van der Waals surface area contributed by atoms with Crippen LogP contribution in [0.25, 0.3) is 0 Å². The highest BCUT2D eigenvalue weighted by atomic mass is 16.5. The minimum absolute atomic E-state index is 0.0862. The Bertz CT molecular complexity index is 815. The fourth-order valence-corrected chi connectivity index (χ4v) is 3.16. The molecule has 2 N–H and O–H groups in total. The van der Waals surface area contributed by atoms with Crippen LogP contribution >= 0.6 is 0 Å². The van der Waals surface area contributed by atoms with Gasteiger partial charge in [0, 0.05) is 11.6 Å². The first-order valence-corrected chi connectivity index (χ1v) is 9.62. The number of carbonyl (C=O) groups is 2. The van der Waals surface area contributed by atoms with Gasteiger partial charge < -0.3 is 10.1 Å². The van der Waals surface area contributed by atoms with Crippen LogP contribution in [0.2, 0.25) is 0 Å². The maximum atomic E-state index is 12.0. The lowest BCUT2D eigenvalue weighted by Crippen LogP contribution is -2.44. The number of nitrogens with one attached hydrogen (secondary N) is 2. The highest BCUT2D eigenvalue weighted by Gasteiger charge is 2.19. The van der Waals surface area contributed by atoms with Gasteiger partial charge >= 0.3 is 11.8 Å². The van der Waals surface area contributed by atoms with E-state index in [1.54, 1.807) is 0 Å². The van der Waals surface area contributed by atoms with Crippen molar-refractivity contribution in [2.75, 3.05) is 0 Å². The standard InChI is InChI=1S/C22H25N3O3/c26-21(24-19-12-5-2-6-13-19)22(27)25-23-15-18-11-7-8-14-20(18)28-16-17-9-3-1-4-10-17/h1,3-4,7-11,14-15,19H,2,5-6,12-13,16H2,(H,24,26)(H,25,27)/b23-15-. The number of para-hydroxylation sites is 1. The van der Waals surface area contributed by atoms with Gasteiger partial charge in [-0.25, -0.2) is 5.43 Å². The lowest BCUT2D eigenvalue weighted by molar-refractivity contribution is -0.139. The number of hydrazone groups is 1. The second-order valence-electron chi connectivity index (χ2n) is 6.82. The van der Waals surface area contributed by atoms with Gasteiger partial charge in [0.25, 0.3) is 0 Å². The van der Waals surface area contributed by atoms with Crippen LogP contribution in [-0.4, -0.2) is 24.1 Å². The second kappa shape index (κ2) is 10.3. The lowest BCUT2D eigenvalue weighted by Gasteiger charge is -2.22. The van der Waals surface area contributed by atoms with Gasteiger partial charge in [-0.2, -0.15) is 5.10 Å². The number of nitrogens with zero attached hydrogens (tertiary/aromatic N) is 1. The summed E-state index contributed by atoms with van der Waals surface area (Å²) < 4.78 is 5.85. The zero-order valence-corrected chi connectivity index (χ0v) is 15.8. The Morgan fingerprint density at radius 2 is 1.68 bits per heavy atom. The van der Waals surface area contributed by atoms with Crippen LogP contribution in [-0.2, 0) is 16.2 Å². The van der Waals surface area contributed by atoms with E-state index in [9.17, 15) is 9.59 Å². The van der Waals surface area contributed by atoms with E-state index in [1.165, 1.54) is 12.6 Å². The Labute approximate surface area is 165 Å². The third-order valence-corrected chi connectivity index (χ3v) is 4.67. The molecule has 2 aromatic carbocycles. The fourth-order valence-electron chi connectivity index (χ4n) is 3.16. The minimum atomic E-state index is -0.760. The average Bonchev–Trinajstić information content (AvgIpc) is 2.74. The highest BCUT2D eigenvalue weighted by molar-refractivity contribution is 6.35. The lowest BCUT2D eigenvalue weighted by atomic mass is 9.95. The number of ether oxygens (including phenoxy) is 1. The first-order valence-electron chi connectivity index (χ1n) is 9.62. The van der Waals surface area contributed by atoms with Crippen LogP contribution in [0.5, 0.6) is 5.75 Å². The molecule has 0 atom stereocenters. The van der Waals surface area contributed by atoms with Crippen molar-refractivity contribution in [2.24, 2.45) is 5.10 Å². The molecule has 2 amide bonds. The molecule has 0 unspecified atom stereocenters. The van der Waals surface area contributed by atoms with E-state index in [2.05, 4.69) is 15.8 Å². The molecule has 3 rings (SSSR count). The monoisotopic (exact) mass is 379 g/mol. The molecule has 0 heterocycles. The molecular weight excluding hydrogens is 354 g/mol. The topological polar surface area (TPSA) is 79.8 Å². The van der Waals surface area contributed by atoms with Gasteiger partial charge in [-0.1, -0.05) is 61.7 Å². The summed E-state index contributed by atoms with van der Waals surface area (Å²) in [5.41, 5.74) is 4.06. The number of benzene rings is 2. The first-order chi connectivity index (χ1) is 13.7. The summed E-state index contributed by atoms with van der Waals surface area (Å²) in [7, 11) is 0. The molecule has 1 saturated carbocycles. The molecule has 146 valence electrons. The summed E-state index contributed by atoms with van der Waals surface area (Å²) in [5, 5.41) is 6.67. The zero-order valence-electron chi connectivity index (χ0n) is 15.8. The second-order valence-corrected chi connectivity index (χ2v) is 6.82. The van der Waals surface area contributed by atoms with Crippen molar-refractivity contribution in [3.05, 3.63) is 65.7 Å². The summed E-state index contributed by atoms with van der Waals surface area (Å²) in [6.07, 6.45) is 6.69. The number of hydrogen-bond donors (Lipinski definition) is 2. The molecule has 1 aliphatic rings. The molecule has 6 nitrogen and oxygen atoms in total. The maximum Gasteiger partial charge on any atom is 0.329 e. The van der Waals surface area contributed by atoms with E-state index in [1.807, 2.05) is 54.6 Å². The first kappa shape index (κ1) is 19.6. The Kier molecular flexibility index (Phi) is 7.18. The third kappa shape index (κ3) is 5.94. The quantitative estimate of drug-likeness (QED) is 0.460. The molecule has 0 aromatic heterocycles. The number of carbonyl (C=O) groups excluding carboxylic acids is 2. The van der Waals surface area contributed by atoms with Crippen LogP contribution in [0, 0.1) is 0 Å². The van der Waals surface area contributed by atoms with Crippen LogP contribution in [0.15, 0.2) is 59.7 Å². The van der Waals surface area contributed by atoms with Crippen LogP contribution in [0.4, 0.5) is 0 Å². The highest BCUT2D eigenvalue weighted by Crippen LogP contribution is 2.18. The molecule has 1 aliphatic carbocycles. The third-order valence-electron chi connectivity index (χ3n) is 4.67. The van der Waals surface area contributed by atoms with Crippen LogP contribution in [0.1, 0.15) is 43.2 Å². The summed E-state index contributed by atoms with van der Waals surface area (Å²) in [6, 6.07) is 17.3. The van der Waals surface area contributed by atoms with Gasteiger partial charge in [0.15, 0.2) is 0 Å². The number of rotatable bonds is 6. The van der Waals surface area contributed by atoms with Crippen molar-refractivity contribution in [3.63, 3.8) is 0 Å². The largest absolute Gasteiger partial charge is 0.488 e. The molecule has 28 heavy (non-hydrogen) atoms. The van der Waals surface area contributed by atoms with Gasteiger partial charge in [-0.3, -0.25) is 9.59 Å². The minimum Gasteiger partial charge on any atom is -0.488 e. The molecule has 0 spiro atoms. The predicted molar refractivity (Wildman–Crippen MR) is 108 cm³/mol. The molecule has 6 heteroatoms. The van der Waals surface area contributed by atoms with Crippen molar-refractivity contribution >= 4 is 18.0 Å². The Balaban J connectivity index is 1.52. The van der Waals surface area contributed by atoms with Gasteiger partial charge in [0.1, 0.15) is 12.4 Å². The predicted octanol–water partition coefficient (Wildman–Crippen LogP) is 3.16. The SMILES string of the molecule is O=C(N/N=C\c1ccccc1OCc1ccccc1)C(=O)NC1CCCCC1. The van der Waals surface area contributed by atoms with Crippen LogP contribution in [0.3, 0.4) is 0 Å². The summed E-state index contributed by atoms with van der Waals surface area (Å²) in [4.78, 5) is 23.9. The molecule has 0 bridgehead atoms. The van der Waals surface area contributed by atoms with E-state index in [0.717, 1.165) is 31.2 Å². The van der Waals surface area contributed by atoms with Crippen molar-refractivity contribution in [1.82, 2.24) is 10.7 Å². The van der Waals surface area contributed by atoms with Gasteiger partial charge in [0.05, 0.1) is 6.21 Å². The number of hydrogen-bond acceptors (Lipinski definition) is 4. The Morgan fingerprint density at radius 1 is 0.964 bits per heavy atom. The average molecular weight is 379 g/mol. The van der Waals surface area contributed by atoms with Gasteiger partial charge in [0.2, 0.25) is 0 Å². The van der Waals surface area contributed by atoms with E-state index in [-0.39, 0.29) is 6.04 Å². The smallest absolute Gasteiger partial charge is 0.329 e. The summed E-state index contributed by atoms with van der Waals surface area (Å²) in [6.45, 7) is 0.432. The molecule has 2 aromatic rings.